The standard InChI is InChI=1S/C12H18N2S/c1-8-5-6-9(11(13)14)10(7-8)15-12(2,3)4/h5-7H,1-4H3,(H3,13,14). The predicted molar refractivity (Wildman–Crippen MR) is 67.8 cm³/mol. The molecule has 0 fully saturated rings. The molecule has 0 saturated heterocycles. The maximum absolute atomic E-state index is 7.52. The number of nitrogens with two attached hydrogens (primary N) is 1. The van der Waals surface area contributed by atoms with Gasteiger partial charge in [0.15, 0.2) is 0 Å². The summed E-state index contributed by atoms with van der Waals surface area (Å²) in [5, 5.41) is 7.52. The molecule has 0 amide bonds. The zero-order valence-electron chi connectivity index (χ0n) is 9.72. The summed E-state index contributed by atoms with van der Waals surface area (Å²) in [6.45, 7) is 8.52. The van der Waals surface area contributed by atoms with Crippen molar-refractivity contribution in [2.45, 2.75) is 37.3 Å². The van der Waals surface area contributed by atoms with E-state index < -0.39 is 0 Å². The van der Waals surface area contributed by atoms with Crippen LogP contribution in [0.25, 0.3) is 0 Å². The van der Waals surface area contributed by atoms with Gasteiger partial charge < -0.3 is 5.73 Å². The predicted octanol–water partition coefficient (Wildman–Crippen LogP) is 3.17. The van der Waals surface area contributed by atoms with Crippen molar-refractivity contribution in [3.8, 4) is 0 Å². The lowest BCUT2D eigenvalue weighted by atomic mass is 10.1. The van der Waals surface area contributed by atoms with Crippen molar-refractivity contribution in [2.75, 3.05) is 0 Å². The molecule has 1 aromatic rings. The van der Waals surface area contributed by atoms with Crippen molar-refractivity contribution >= 4 is 17.6 Å². The van der Waals surface area contributed by atoms with Gasteiger partial charge in [-0.05, 0) is 24.6 Å². The summed E-state index contributed by atoms with van der Waals surface area (Å²) in [6.07, 6.45) is 0. The highest BCUT2D eigenvalue weighted by molar-refractivity contribution is 8.00. The van der Waals surface area contributed by atoms with E-state index in [9.17, 15) is 0 Å². The summed E-state index contributed by atoms with van der Waals surface area (Å²) in [7, 11) is 0. The highest BCUT2D eigenvalue weighted by Gasteiger charge is 2.15. The topological polar surface area (TPSA) is 49.9 Å². The largest absolute Gasteiger partial charge is 0.384 e. The molecule has 2 nitrogen and oxygen atoms in total. The van der Waals surface area contributed by atoms with E-state index in [4.69, 9.17) is 11.1 Å². The molecule has 0 unspecified atom stereocenters. The number of hydrogen-bond donors (Lipinski definition) is 2. The number of benzene rings is 1. The third-order valence-electron chi connectivity index (χ3n) is 1.84. The van der Waals surface area contributed by atoms with Gasteiger partial charge in [-0.15, -0.1) is 11.8 Å². The lowest BCUT2D eigenvalue weighted by molar-refractivity contribution is 0.802. The Hall–Kier alpha value is -0.960. The molecule has 0 aliphatic rings. The lowest BCUT2D eigenvalue weighted by Crippen LogP contribution is -2.15. The van der Waals surface area contributed by atoms with Crippen LogP contribution in [0.3, 0.4) is 0 Å². The van der Waals surface area contributed by atoms with E-state index in [1.807, 2.05) is 12.1 Å². The minimum Gasteiger partial charge on any atom is -0.384 e. The van der Waals surface area contributed by atoms with E-state index in [0.29, 0.717) is 0 Å². The second kappa shape index (κ2) is 4.27. The van der Waals surface area contributed by atoms with Crippen molar-refractivity contribution in [1.82, 2.24) is 0 Å². The molecule has 0 spiro atoms. The second-order valence-electron chi connectivity index (χ2n) is 4.63. The molecular weight excluding hydrogens is 204 g/mol. The molecule has 0 atom stereocenters. The third-order valence-corrected chi connectivity index (χ3v) is 3.01. The number of thioether (sulfide) groups is 1. The van der Waals surface area contributed by atoms with Crippen LogP contribution >= 0.6 is 11.8 Å². The summed E-state index contributed by atoms with van der Waals surface area (Å²) in [5.41, 5.74) is 7.59. The molecule has 0 saturated carbocycles. The van der Waals surface area contributed by atoms with E-state index >= 15 is 0 Å². The van der Waals surface area contributed by atoms with Crippen molar-refractivity contribution in [2.24, 2.45) is 5.73 Å². The van der Waals surface area contributed by atoms with Crippen molar-refractivity contribution in [3.63, 3.8) is 0 Å². The lowest BCUT2D eigenvalue weighted by Gasteiger charge is -2.19. The van der Waals surface area contributed by atoms with Gasteiger partial charge in [-0.3, -0.25) is 5.41 Å². The highest BCUT2D eigenvalue weighted by atomic mass is 32.2. The molecule has 0 radical (unpaired) electrons. The van der Waals surface area contributed by atoms with Gasteiger partial charge in [0.1, 0.15) is 5.84 Å². The fraction of sp³-hybridized carbons (Fsp3) is 0.417. The first-order valence-electron chi connectivity index (χ1n) is 4.93. The minimum atomic E-state index is 0.137. The van der Waals surface area contributed by atoms with Crippen LogP contribution in [0.1, 0.15) is 31.9 Å². The average Bonchev–Trinajstić information content (AvgIpc) is 1.99. The van der Waals surface area contributed by atoms with E-state index in [2.05, 4.69) is 33.8 Å². The number of rotatable bonds is 2. The summed E-state index contributed by atoms with van der Waals surface area (Å²) in [6, 6.07) is 6.00. The first-order valence-corrected chi connectivity index (χ1v) is 5.75. The Kier molecular flexibility index (Phi) is 3.45. The quantitative estimate of drug-likeness (QED) is 0.459. The highest BCUT2D eigenvalue weighted by Crippen LogP contribution is 2.34. The molecule has 3 heteroatoms. The van der Waals surface area contributed by atoms with Gasteiger partial charge in [0.2, 0.25) is 0 Å². The number of amidine groups is 1. The summed E-state index contributed by atoms with van der Waals surface area (Å²) >= 11 is 1.75. The smallest absolute Gasteiger partial charge is 0.123 e. The maximum Gasteiger partial charge on any atom is 0.123 e. The van der Waals surface area contributed by atoms with Crippen LogP contribution in [0.2, 0.25) is 0 Å². The molecule has 0 aliphatic heterocycles. The SMILES string of the molecule is Cc1ccc(C(=N)N)c(SC(C)(C)C)c1. The van der Waals surface area contributed by atoms with Gasteiger partial charge in [-0.1, -0.05) is 26.8 Å². The summed E-state index contributed by atoms with van der Waals surface area (Å²) in [4.78, 5) is 1.09. The zero-order valence-corrected chi connectivity index (χ0v) is 10.5. The van der Waals surface area contributed by atoms with Crippen LogP contribution in [0.4, 0.5) is 0 Å². The van der Waals surface area contributed by atoms with Gasteiger partial charge in [-0.2, -0.15) is 0 Å². The number of aryl methyl sites for hydroxylation is 1. The first-order chi connectivity index (χ1) is 6.79. The fourth-order valence-corrected chi connectivity index (χ4v) is 2.46. The molecule has 0 bridgehead atoms. The Morgan fingerprint density at radius 1 is 1.33 bits per heavy atom. The van der Waals surface area contributed by atoms with Crippen LogP contribution in [0.5, 0.6) is 0 Å². The van der Waals surface area contributed by atoms with Crippen LogP contribution in [0, 0.1) is 12.3 Å². The Balaban J connectivity index is 3.13. The third kappa shape index (κ3) is 3.59. The van der Waals surface area contributed by atoms with Crippen LogP contribution in [-0.4, -0.2) is 10.6 Å². The molecule has 82 valence electrons. The van der Waals surface area contributed by atoms with E-state index in [0.717, 1.165) is 10.5 Å². The van der Waals surface area contributed by atoms with Gasteiger partial charge in [0, 0.05) is 15.2 Å². The monoisotopic (exact) mass is 222 g/mol. The maximum atomic E-state index is 7.52. The van der Waals surface area contributed by atoms with E-state index in [-0.39, 0.29) is 10.6 Å². The molecule has 15 heavy (non-hydrogen) atoms. The Labute approximate surface area is 95.8 Å². The summed E-state index contributed by atoms with van der Waals surface area (Å²) < 4.78 is 0.137. The molecule has 1 aromatic carbocycles. The Morgan fingerprint density at radius 3 is 2.40 bits per heavy atom. The van der Waals surface area contributed by atoms with E-state index in [1.165, 1.54) is 5.56 Å². The van der Waals surface area contributed by atoms with Gasteiger partial charge in [-0.25, -0.2) is 0 Å². The van der Waals surface area contributed by atoms with Crippen LogP contribution < -0.4 is 5.73 Å². The molecular formula is C12H18N2S. The molecule has 0 heterocycles. The second-order valence-corrected chi connectivity index (χ2v) is 6.50. The molecule has 3 N–H and O–H groups in total. The van der Waals surface area contributed by atoms with Gasteiger partial charge in [0.25, 0.3) is 0 Å². The van der Waals surface area contributed by atoms with Crippen LogP contribution in [-0.2, 0) is 0 Å². The van der Waals surface area contributed by atoms with Crippen LogP contribution in [0.15, 0.2) is 23.1 Å². The molecule has 0 aliphatic carbocycles. The molecule has 0 aromatic heterocycles. The number of hydrogen-bond acceptors (Lipinski definition) is 2. The average molecular weight is 222 g/mol. The number of nitrogen functional groups attached to an aromatic ring is 1. The Bertz CT molecular complexity index is 378. The van der Waals surface area contributed by atoms with Crippen molar-refractivity contribution in [3.05, 3.63) is 29.3 Å². The van der Waals surface area contributed by atoms with Crippen molar-refractivity contribution < 1.29 is 0 Å². The summed E-state index contributed by atoms with van der Waals surface area (Å²) in [5.74, 6) is 0.141. The fourth-order valence-electron chi connectivity index (χ4n) is 1.27. The zero-order chi connectivity index (χ0) is 11.6. The van der Waals surface area contributed by atoms with Gasteiger partial charge >= 0.3 is 0 Å². The molecule has 1 rings (SSSR count). The minimum absolute atomic E-state index is 0.137. The Morgan fingerprint density at radius 2 is 1.93 bits per heavy atom. The first kappa shape index (κ1) is 12.1. The van der Waals surface area contributed by atoms with E-state index in [1.54, 1.807) is 11.8 Å². The normalized spacial score (nSPS) is 11.5. The van der Waals surface area contributed by atoms with Gasteiger partial charge in [0.05, 0.1) is 0 Å². The van der Waals surface area contributed by atoms with Crippen molar-refractivity contribution in [1.29, 1.82) is 5.41 Å². The number of nitrogens with one attached hydrogen (secondary N) is 1.